The van der Waals surface area contributed by atoms with E-state index in [-0.39, 0.29) is 11.9 Å². The van der Waals surface area contributed by atoms with Crippen molar-refractivity contribution in [2.75, 3.05) is 24.7 Å². The summed E-state index contributed by atoms with van der Waals surface area (Å²) in [4.78, 5) is 12.1. The quantitative estimate of drug-likeness (QED) is 0.620. The Balaban J connectivity index is 1.68. The third kappa shape index (κ3) is 3.77. The number of hydrogen-bond acceptors (Lipinski definition) is 4. The van der Waals surface area contributed by atoms with Gasteiger partial charge in [-0.1, -0.05) is 12.1 Å². The van der Waals surface area contributed by atoms with Crippen LogP contribution < -0.4 is 14.8 Å². The lowest BCUT2D eigenvalue weighted by molar-refractivity contribution is -0.119. The Kier molecular flexibility index (Phi) is 4.93. The highest BCUT2D eigenvalue weighted by Crippen LogP contribution is 2.43. The number of rotatable bonds is 7. The molecule has 1 amide bonds. The van der Waals surface area contributed by atoms with Crippen LogP contribution in [0.4, 0.5) is 0 Å². The maximum absolute atomic E-state index is 12.1. The molecule has 1 atom stereocenters. The third-order valence-corrected chi connectivity index (χ3v) is 4.74. The largest absolute Gasteiger partial charge is 0.486 e. The lowest BCUT2D eigenvalue weighted by Gasteiger charge is -2.23. The van der Waals surface area contributed by atoms with Crippen molar-refractivity contribution < 1.29 is 14.3 Å². The monoisotopic (exact) mass is 319 g/mol. The van der Waals surface area contributed by atoms with Crippen LogP contribution in [0, 0.1) is 5.92 Å². The Morgan fingerprint density at radius 3 is 2.86 bits per heavy atom. The maximum Gasteiger partial charge on any atom is 0.230 e. The van der Waals surface area contributed by atoms with Crippen LogP contribution in [0.15, 0.2) is 30.9 Å². The lowest BCUT2D eigenvalue weighted by atomic mass is 10.0. The number of nitrogens with one attached hydrogen (secondary N) is 1. The van der Waals surface area contributed by atoms with Crippen molar-refractivity contribution >= 4 is 17.7 Å². The molecule has 1 aliphatic heterocycles. The predicted octanol–water partition coefficient (Wildman–Crippen LogP) is 2.94. The van der Waals surface area contributed by atoms with Crippen molar-refractivity contribution in [2.45, 2.75) is 18.9 Å². The first-order chi connectivity index (χ1) is 10.8. The van der Waals surface area contributed by atoms with Crippen molar-refractivity contribution in [3.8, 4) is 11.5 Å². The van der Waals surface area contributed by atoms with Crippen LogP contribution >= 0.6 is 11.8 Å². The second kappa shape index (κ2) is 7.09. The second-order valence-electron chi connectivity index (χ2n) is 5.59. The van der Waals surface area contributed by atoms with Crippen LogP contribution in [0.1, 0.15) is 24.4 Å². The number of fused-ring (bicyclic) bond motifs is 1. The molecule has 1 saturated carbocycles. The van der Waals surface area contributed by atoms with Crippen molar-refractivity contribution in [3.63, 3.8) is 0 Å². The Labute approximate surface area is 135 Å². The maximum atomic E-state index is 12.1. The summed E-state index contributed by atoms with van der Waals surface area (Å²) in [6, 6.07) is 6.06. The van der Waals surface area contributed by atoms with Crippen molar-refractivity contribution in [2.24, 2.45) is 5.92 Å². The highest BCUT2D eigenvalue weighted by atomic mass is 32.2. The van der Waals surface area contributed by atoms with Crippen molar-refractivity contribution in [1.29, 1.82) is 0 Å². The predicted molar refractivity (Wildman–Crippen MR) is 88.6 cm³/mol. The van der Waals surface area contributed by atoms with Gasteiger partial charge in [0.1, 0.15) is 13.2 Å². The smallest absolute Gasteiger partial charge is 0.230 e. The number of benzene rings is 1. The van der Waals surface area contributed by atoms with Crippen LogP contribution in [-0.2, 0) is 4.79 Å². The van der Waals surface area contributed by atoms with E-state index in [1.54, 1.807) is 11.8 Å². The van der Waals surface area contributed by atoms with E-state index in [1.807, 2.05) is 24.3 Å². The minimum atomic E-state index is 0.0765. The zero-order valence-corrected chi connectivity index (χ0v) is 13.4. The zero-order valence-electron chi connectivity index (χ0n) is 12.5. The van der Waals surface area contributed by atoms with Crippen LogP contribution in [0.3, 0.4) is 0 Å². The van der Waals surface area contributed by atoms with Gasteiger partial charge in [0.25, 0.3) is 0 Å². The highest BCUT2D eigenvalue weighted by Gasteiger charge is 2.34. The van der Waals surface area contributed by atoms with Gasteiger partial charge in [-0.25, -0.2) is 0 Å². The van der Waals surface area contributed by atoms with E-state index in [1.165, 1.54) is 12.8 Å². The summed E-state index contributed by atoms with van der Waals surface area (Å²) >= 11 is 1.58. The van der Waals surface area contributed by atoms with E-state index < -0.39 is 0 Å². The topological polar surface area (TPSA) is 47.6 Å². The third-order valence-electron chi connectivity index (χ3n) is 3.80. The van der Waals surface area contributed by atoms with Gasteiger partial charge in [-0.3, -0.25) is 4.79 Å². The first kappa shape index (κ1) is 15.3. The minimum Gasteiger partial charge on any atom is -0.486 e. The number of hydrogen-bond donors (Lipinski definition) is 1. The van der Waals surface area contributed by atoms with Crippen LogP contribution in [0.2, 0.25) is 0 Å². The van der Waals surface area contributed by atoms with Crippen LogP contribution in [0.25, 0.3) is 0 Å². The molecule has 22 heavy (non-hydrogen) atoms. The molecule has 4 nitrogen and oxygen atoms in total. The van der Waals surface area contributed by atoms with E-state index in [9.17, 15) is 4.79 Å². The highest BCUT2D eigenvalue weighted by molar-refractivity contribution is 8.00. The number of amides is 1. The molecule has 0 spiro atoms. The summed E-state index contributed by atoms with van der Waals surface area (Å²) in [7, 11) is 0. The molecular formula is C17H21NO3S. The van der Waals surface area contributed by atoms with Gasteiger partial charge in [-0.15, -0.1) is 18.3 Å². The molecular weight excluding hydrogens is 298 g/mol. The van der Waals surface area contributed by atoms with Gasteiger partial charge in [-0.05, 0) is 36.5 Å². The van der Waals surface area contributed by atoms with E-state index in [0.29, 0.717) is 24.9 Å². The fourth-order valence-corrected chi connectivity index (χ4v) is 3.16. The summed E-state index contributed by atoms with van der Waals surface area (Å²) in [5, 5.41) is 3.17. The van der Waals surface area contributed by atoms with Gasteiger partial charge in [0.15, 0.2) is 11.5 Å². The second-order valence-corrected chi connectivity index (χ2v) is 6.62. The van der Waals surface area contributed by atoms with Gasteiger partial charge >= 0.3 is 0 Å². The standard InChI is InChI=1S/C17H21NO3S/c1-2-9-22-11-16(19)18-17(12-3-4-12)13-5-6-14-15(10-13)21-8-7-20-14/h2,5-6,10,12,17H,1,3-4,7-9,11H2,(H,18,19)/t17-/m0/s1. The molecule has 5 heteroatoms. The normalized spacial score (nSPS) is 17.6. The van der Waals surface area contributed by atoms with Crippen LogP contribution in [-0.4, -0.2) is 30.6 Å². The molecule has 1 heterocycles. The molecule has 1 aromatic rings. The van der Waals surface area contributed by atoms with Gasteiger partial charge in [0, 0.05) is 5.75 Å². The van der Waals surface area contributed by atoms with Gasteiger partial charge < -0.3 is 14.8 Å². The molecule has 0 bridgehead atoms. The summed E-state index contributed by atoms with van der Waals surface area (Å²) in [6.07, 6.45) is 4.15. The Hall–Kier alpha value is -1.62. The zero-order chi connectivity index (χ0) is 15.4. The van der Waals surface area contributed by atoms with E-state index >= 15 is 0 Å². The van der Waals surface area contributed by atoms with Crippen molar-refractivity contribution in [3.05, 3.63) is 36.4 Å². The first-order valence-corrected chi connectivity index (χ1v) is 8.81. The summed E-state index contributed by atoms with van der Waals surface area (Å²) < 4.78 is 11.2. The van der Waals surface area contributed by atoms with Gasteiger partial charge in [0.2, 0.25) is 5.91 Å². The molecule has 0 radical (unpaired) electrons. The first-order valence-electron chi connectivity index (χ1n) is 7.65. The van der Waals surface area contributed by atoms with Gasteiger partial charge in [0.05, 0.1) is 11.8 Å². The molecule has 1 aliphatic carbocycles. The molecule has 0 saturated heterocycles. The van der Waals surface area contributed by atoms with E-state index in [2.05, 4.69) is 11.9 Å². The molecule has 3 rings (SSSR count). The lowest BCUT2D eigenvalue weighted by Crippen LogP contribution is -2.31. The molecule has 1 fully saturated rings. The van der Waals surface area contributed by atoms with Crippen molar-refractivity contribution in [1.82, 2.24) is 5.32 Å². The number of thioether (sulfide) groups is 1. The minimum absolute atomic E-state index is 0.0765. The molecule has 0 aromatic heterocycles. The molecule has 2 aliphatic rings. The molecule has 1 N–H and O–H groups in total. The Bertz CT molecular complexity index is 557. The summed E-state index contributed by atoms with van der Waals surface area (Å²) in [5.41, 5.74) is 1.11. The van der Waals surface area contributed by atoms with E-state index in [4.69, 9.17) is 9.47 Å². The summed E-state index contributed by atoms with van der Waals surface area (Å²) in [5.74, 6) is 3.46. The number of carbonyl (C=O) groups is 1. The average molecular weight is 319 g/mol. The Morgan fingerprint density at radius 2 is 2.14 bits per heavy atom. The fourth-order valence-electron chi connectivity index (χ4n) is 2.61. The number of ether oxygens (including phenoxy) is 2. The number of carbonyl (C=O) groups excluding carboxylic acids is 1. The summed E-state index contributed by atoms with van der Waals surface area (Å²) in [6.45, 7) is 4.84. The molecule has 118 valence electrons. The SMILES string of the molecule is C=CCSCC(=O)N[C@H](c1ccc2c(c1)OCCO2)C1CC1. The van der Waals surface area contributed by atoms with Crippen LogP contribution in [0.5, 0.6) is 11.5 Å². The Morgan fingerprint density at radius 1 is 1.36 bits per heavy atom. The molecule has 0 unspecified atom stereocenters. The van der Waals surface area contributed by atoms with E-state index in [0.717, 1.165) is 22.8 Å². The average Bonchev–Trinajstić information content (AvgIpc) is 3.37. The van der Waals surface area contributed by atoms with Gasteiger partial charge in [-0.2, -0.15) is 0 Å². The molecule has 1 aromatic carbocycles. The fraction of sp³-hybridized carbons (Fsp3) is 0.471.